The van der Waals surface area contributed by atoms with Crippen LogP contribution in [-0.2, 0) is 27.9 Å². The predicted molar refractivity (Wildman–Crippen MR) is 358 cm³/mol. The van der Waals surface area contributed by atoms with E-state index in [2.05, 4.69) is 62.5 Å². The van der Waals surface area contributed by atoms with E-state index in [0.29, 0.717) is 17.4 Å². The fourth-order valence-corrected chi connectivity index (χ4v) is 11.4. The largest absolute Gasteiger partial charge is 0.756 e. The zero-order valence-electron chi connectivity index (χ0n) is 55.9. The molecule has 0 heterocycles. The van der Waals surface area contributed by atoms with E-state index >= 15 is 0 Å². The third kappa shape index (κ3) is 64.3. The van der Waals surface area contributed by atoms with Gasteiger partial charge in [0.2, 0.25) is 5.91 Å². The minimum Gasteiger partial charge on any atom is -0.756 e. The van der Waals surface area contributed by atoms with Crippen molar-refractivity contribution >= 4 is 19.7 Å². The van der Waals surface area contributed by atoms with Crippen LogP contribution in [0, 0.1) is 0 Å². The van der Waals surface area contributed by atoms with Gasteiger partial charge in [-0.25, -0.2) is 0 Å². The van der Waals surface area contributed by atoms with Crippen LogP contribution < -0.4 is 10.2 Å². The van der Waals surface area contributed by atoms with E-state index in [9.17, 15) is 19.0 Å². The van der Waals surface area contributed by atoms with Crippen molar-refractivity contribution in [3.63, 3.8) is 0 Å². The number of phosphoric ester groups is 1. The lowest BCUT2D eigenvalue weighted by Gasteiger charge is -2.30. The molecule has 0 aromatic rings. The minimum absolute atomic E-state index is 0.0210. The molecule has 0 radical (unpaired) electrons. The van der Waals surface area contributed by atoms with Gasteiger partial charge in [-0.15, -0.1) is 0 Å². The van der Waals surface area contributed by atoms with Gasteiger partial charge in [-0.2, -0.15) is 0 Å². The fraction of sp³-hybridized carbons (Fsp3) is 0.863. The second-order valence-corrected chi connectivity index (χ2v) is 27.1. The molecular weight excluding hydrogens is 1050 g/mol. The summed E-state index contributed by atoms with van der Waals surface area (Å²) < 4.78 is 30.5. The van der Waals surface area contributed by atoms with Crippen molar-refractivity contribution in [3.8, 4) is 0 Å². The Morgan fingerprint density at radius 1 is 0.422 bits per heavy atom. The molecule has 0 bridgehead atoms. The average molecular weight is 1190 g/mol. The molecule has 0 fully saturated rings. The Bertz CT molecular complexity index is 1560. The number of unbranched alkanes of at least 4 members (excludes halogenated alkanes) is 44. The summed E-state index contributed by atoms with van der Waals surface area (Å²) in [5.41, 5.74) is 0. The maximum Gasteiger partial charge on any atom is 0.306 e. The molecule has 0 aliphatic heterocycles. The molecule has 0 aromatic carbocycles. The van der Waals surface area contributed by atoms with Gasteiger partial charge in [0.1, 0.15) is 19.3 Å². The third-order valence-corrected chi connectivity index (χ3v) is 17.2. The number of esters is 1. The Balaban J connectivity index is 5.09. The number of likely N-dealkylation sites (N-methyl/N-ethyl adjacent to an activating group) is 1. The van der Waals surface area contributed by atoms with Crippen LogP contribution in [0.2, 0.25) is 0 Å². The predicted octanol–water partition coefficient (Wildman–Crippen LogP) is 22.2. The summed E-state index contributed by atoms with van der Waals surface area (Å²) >= 11 is 0. The van der Waals surface area contributed by atoms with Crippen molar-refractivity contribution in [2.45, 2.75) is 367 Å². The first-order chi connectivity index (χ1) is 40.4. The van der Waals surface area contributed by atoms with Gasteiger partial charge < -0.3 is 28.5 Å². The number of carbonyl (C=O) groups excluding carboxylic acids is 2. The van der Waals surface area contributed by atoms with E-state index < -0.39 is 20.0 Å². The van der Waals surface area contributed by atoms with Crippen LogP contribution in [-0.4, -0.2) is 69.4 Å². The summed E-state index contributed by atoms with van der Waals surface area (Å²) in [5, 5.41) is 3.05. The van der Waals surface area contributed by atoms with Crippen molar-refractivity contribution in [3.05, 3.63) is 48.6 Å². The van der Waals surface area contributed by atoms with Gasteiger partial charge in [-0.1, -0.05) is 301 Å². The summed E-state index contributed by atoms with van der Waals surface area (Å²) in [6.45, 7) is 6.87. The van der Waals surface area contributed by atoms with Crippen LogP contribution in [0.1, 0.15) is 355 Å². The molecular formula is C73H139N2O7P. The SMILES string of the molecule is CCCCC/C=C\C/C=C\CCCCCCCCCCCCCCCC(=O)OC(/C=C/CCCCCCCCCCCCC)C(COP(=O)([O-])OCC[N+](C)(C)C)NC(=O)CCCCCCCCCCCCC/C=C/CCCCCCCC. The Kier molecular flexibility index (Phi) is 61.5. The molecule has 10 heteroatoms. The van der Waals surface area contributed by atoms with Crippen molar-refractivity contribution in [2.75, 3.05) is 40.9 Å². The average Bonchev–Trinajstić information content (AvgIpc) is 3.47. The molecule has 0 spiro atoms. The van der Waals surface area contributed by atoms with Gasteiger partial charge in [0.25, 0.3) is 7.82 Å². The zero-order valence-corrected chi connectivity index (χ0v) is 56.8. The van der Waals surface area contributed by atoms with Gasteiger partial charge in [-0.05, 0) is 89.5 Å². The van der Waals surface area contributed by atoms with Crippen molar-refractivity contribution < 1.29 is 37.3 Å². The maximum absolute atomic E-state index is 13.6. The van der Waals surface area contributed by atoms with E-state index in [1.54, 1.807) is 0 Å². The molecule has 0 saturated carbocycles. The van der Waals surface area contributed by atoms with Crippen LogP contribution in [0.3, 0.4) is 0 Å². The van der Waals surface area contributed by atoms with Crippen molar-refractivity contribution in [2.24, 2.45) is 0 Å². The first-order valence-corrected chi connectivity index (χ1v) is 37.4. The summed E-state index contributed by atoms with van der Waals surface area (Å²) in [4.78, 5) is 40.2. The molecule has 9 nitrogen and oxygen atoms in total. The molecule has 3 unspecified atom stereocenters. The van der Waals surface area contributed by atoms with Gasteiger partial charge in [0.05, 0.1) is 33.8 Å². The van der Waals surface area contributed by atoms with Crippen LogP contribution >= 0.6 is 7.82 Å². The number of allylic oxidation sites excluding steroid dienone is 7. The lowest BCUT2D eigenvalue weighted by molar-refractivity contribution is -0.870. The molecule has 0 rings (SSSR count). The molecule has 83 heavy (non-hydrogen) atoms. The second kappa shape index (κ2) is 63.0. The number of nitrogens with zero attached hydrogens (tertiary/aromatic N) is 1. The Hall–Kier alpha value is -2.03. The van der Waals surface area contributed by atoms with Crippen LogP contribution in [0.5, 0.6) is 0 Å². The molecule has 488 valence electrons. The highest BCUT2D eigenvalue weighted by Crippen LogP contribution is 2.38. The highest BCUT2D eigenvalue weighted by molar-refractivity contribution is 7.45. The lowest BCUT2D eigenvalue weighted by Crippen LogP contribution is -2.47. The van der Waals surface area contributed by atoms with E-state index in [1.165, 1.54) is 257 Å². The van der Waals surface area contributed by atoms with E-state index in [1.807, 2.05) is 33.3 Å². The van der Waals surface area contributed by atoms with E-state index in [-0.39, 0.29) is 31.5 Å². The lowest BCUT2D eigenvalue weighted by atomic mass is 10.0. The maximum atomic E-state index is 13.6. The smallest absolute Gasteiger partial charge is 0.306 e. The van der Waals surface area contributed by atoms with Crippen molar-refractivity contribution in [1.29, 1.82) is 0 Å². The Morgan fingerprint density at radius 2 is 0.735 bits per heavy atom. The molecule has 3 atom stereocenters. The summed E-state index contributed by atoms with van der Waals surface area (Å²) in [6.07, 6.45) is 79.4. The highest BCUT2D eigenvalue weighted by atomic mass is 31.2. The summed E-state index contributed by atoms with van der Waals surface area (Å²) in [5.74, 6) is -0.526. The zero-order chi connectivity index (χ0) is 60.7. The number of carbonyl (C=O) groups is 2. The van der Waals surface area contributed by atoms with E-state index in [0.717, 1.165) is 64.2 Å². The highest BCUT2D eigenvalue weighted by Gasteiger charge is 2.27. The Morgan fingerprint density at radius 3 is 1.12 bits per heavy atom. The molecule has 0 saturated heterocycles. The van der Waals surface area contributed by atoms with Crippen LogP contribution in [0.15, 0.2) is 48.6 Å². The number of quaternary nitrogens is 1. The summed E-state index contributed by atoms with van der Waals surface area (Å²) in [7, 11) is 1.20. The molecule has 0 aromatic heterocycles. The number of hydrogen-bond donors (Lipinski definition) is 1. The first kappa shape index (κ1) is 81.0. The van der Waals surface area contributed by atoms with Gasteiger partial charge >= 0.3 is 5.97 Å². The first-order valence-electron chi connectivity index (χ1n) is 35.9. The molecule has 0 aliphatic carbocycles. The molecule has 1 amide bonds. The summed E-state index contributed by atoms with van der Waals surface area (Å²) in [6, 6.07) is -0.888. The molecule has 1 N–H and O–H groups in total. The number of hydrogen-bond acceptors (Lipinski definition) is 7. The number of ether oxygens (including phenoxy) is 1. The Labute approximate surface area is 516 Å². The van der Waals surface area contributed by atoms with Crippen LogP contribution in [0.4, 0.5) is 0 Å². The normalized spacial score (nSPS) is 13.8. The second-order valence-electron chi connectivity index (χ2n) is 25.7. The number of phosphoric acid groups is 1. The fourth-order valence-electron chi connectivity index (χ4n) is 10.7. The monoisotopic (exact) mass is 1190 g/mol. The number of rotatable bonds is 66. The van der Waals surface area contributed by atoms with Crippen molar-refractivity contribution in [1.82, 2.24) is 5.32 Å². The van der Waals surface area contributed by atoms with Gasteiger partial charge in [0.15, 0.2) is 0 Å². The standard InChI is InChI=1S/C73H139N2O7P/c1-7-10-13-16-19-22-25-28-30-32-34-36-37-39-41-43-45-48-51-54-57-60-63-66-73(77)82-71(64-61-58-55-52-49-46-27-24-21-18-15-12-9-3)70(69-81-83(78,79)80-68-67-75(4,5)6)74-72(76)65-62-59-56-53-50-47-44-42-40-38-35-33-31-29-26-23-20-17-14-11-8-2/h19,22,28-31,61,64,70-71H,7-18,20-21,23-27,32-60,62-63,65-69H2,1-6H3,(H-,74,76,78,79)/b22-19-,30-28-,31-29+,64-61+. The van der Waals surface area contributed by atoms with Crippen LogP contribution in [0.25, 0.3) is 0 Å². The quantitative estimate of drug-likeness (QED) is 0.0212. The minimum atomic E-state index is -4.70. The third-order valence-electron chi connectivity index (χ3n) is 16.2. The molecule has 0 aliphatic rings. The van der Waals surface area contributed by atoms with Gasteiger partial charge in [0, 0.05) is 12.8 Å². The van der Waals surface area contributed by atoms with E-state index in [4.69, 9.17) is 13.8 Å². The van der Waals surface area contributed by atoms with Gasteiger partial charge in [-0.3, -0.25) is 14.2 Å². The topological polar surface area (TPSA) is 114 Å². The number of nitrogens with one attached hydrogen (secondary N) is 1. The number of amides is 1.